The summed E-state index contributed by atoms with van der Waals surface area (Å²) in [6.07, 6.45) is 2.66. The van der Waals surface area contributed by atoms with E-state index in [9.17, 15) is 13.6 Å². The van der Waals surface area contributed by atoms with Gasteiger partial charge in [0.2, 0.25) is 0 Å². The fourth-order valence-electron chi connectivity index (χ4n) is 1.82. The van der Waals surface area contributed by atoms with Crippen LogP contribution in [0.3, 0.4) is 0 Å². The molecule has 0 N–H and O–H groups in total. The van der Waals surface area contributed by atoms with E-state index in [0.717, 1.165) is 0 Å². The third-order valence-corrected chi connectivity index (χ3v) is 2.85. The monoisotopic (exact) mass is 339 g/mol. The number of nitrogens with zero attached hydrogens (tertiary/aromatic N) is 1. The second-order valence-electron chi connectivity index (χ2n) is 4.66. The highest BCUT2D eigenvalue weighted by Crippen LogP contribution is 2.29. The lowest BCUT2D eigenvalue weighted by molar-refractivity contribution is -0.139. The van der Waals surface area contributed by atoms with Gasteiger partial charge in [0.25, 0.3) is 0 Å². The SMILES string of the molecule is COc1cc(/C=C/C(=O)OCc2cc(C)no2)ccc1OC(F)F. The van der Waals surface area contributed by atoms with Gasteiger partial charge >= 0.3 is 12.6 Å². The molecular weight excluding hydrogens is 324 g/mol. The number of benzene rings is 1. The van der Waals surface area contributed by atoms with E-state index in [1.54, 1.807) is 13.0 Å². The molecule has 0 radical (unpaired) electrons. The first-order chi connectivity index (χ1) is 11.5. The molecule has 0 unspecified atom stereocenters. The molecule has 0 atom stereocenters. The Morgan fingerprint density at radius 1 is 1.33 bits per heavy atom. The largest absolute Gasteiger partial charge is 0.493 e. The molecule has 0 saturated carbocycles. The van der Waals surface area contributed by atoms with Crippen molar-refractivity contribution in [2.24, 2.45) is 0 Å². The van der Waals surface area contributed by atoms with Crippen LogP contribution in [0.25, 0.3) is 6.08 Å². The van der Waals surface area contributed by atoms with Crippen molar-refractivity contribution in [3.8, 4) is 11.5 Å². The van der Waals surface area contributed by atoms with Crippen molar-refractivity contribution in [1.82, 2.24) is 5.16 Å². The minimum atomic E-state index is -2.95. The summed E-state index contributed by atoms with van der Waals surface area (Å²) in [5.74, 6) is -0.115. The summed E-state index contributed by atoms with van der Waals surface area (Å²) in [5, 5.41) is 3.67. The Hall–Kier alpha value is -2.90. The molecule has 2 aromatic rings. The van der Waals surface area contributed by atoms with Crippen LogP contribution in [-0.4, -0.2) is 24.8 Å². The zero-order valence-electron chi connectivity index (χ0n) is 13.0. The maximum Gasteiger partial charge on any atom is 0.387 e. The third-order valence-electron chi connectivity index (χ3n) is 2.85. The topological polar surface area (TPSA) is 70.8 Å². The van der Waals surface area contributed by atoms with Crippen LogP contribution < -0.4 is 9.47 Å². The summed E-state index contributed by atoms with van der Waals surface area (Å²) < 4.78 is 43.7. The van der Waals surface area contributed by atoms with Crippen molar-refractivity contribution < 1.29 is 32.3 Å². The van der Waals surface area contributed by atoms with Gasteiger partial charge in [0.15, 0.2) is 23.9 Å². The summed E-state index contributed by atoms with van der Waals surface area (Å²) in [7, 11) is 1.33. The van der Waals surface area contributed by atoms with E-state index >= 15 is 0 Å². The molecule has 0 bridgehead atoms. The van der Waals surface area contributed by atoms with Crippen molar-refractivity contribution in [1.29, 1.82) is 0 Å². The molecule has 8 heteroatoms. The average molecular weight is 339 g/mol. The minimum Gasteiger partial charge on any atom is -0.493 e. The van der Waals surface area contributed by atoms with Crippen LogP contribution in [0, 0.1) is 6.92 Å². The standard InChI is InChI=1S/C16H15F2NO5/c1-10-7-12(24-19-10)9-22-15(20)6-4-11-3-5-13(23-16(17)18)14(8-11)21-2/h3-8,16H,9H2,1-2H3/b6-4+. The third kappa shape index (κ3) is 5.08. The zero-order chi connectivity index (χ0) is 17.5. The number of alkyl halides is 2. The summed E-state index contributed by atoms with van der Waals surface area (Å²) >= 11 is 0. The molecule has 1 heterocycles. The summed E-state index contributed by atoms with van der Waals surface area (Å²) in [6.45, 7) is -1.23. The van der Waals surface area contributed by atoms with Crippen molar-refractivity contribution in [2.45, 2.75) is 20.1 Å². The zero-order valence-corrected chi connectivity index (χ0v) is 13.0. The van der Waals surface area contributed by atoms with E-state index in [4.69, 9.17) is 14.0 Å². The van der Waals surface area contributed by atoms with Crippen molar-refractivity contribution in [3.05, 3.63) is 47.4 Å². The van der Waals surface area contributed by atoms with Crippen LogP contribution in [0.2, 0.25) is 0 Å². The number of halogens is 2. The summed E-state index contributed by atoms with van der Waals surface area (Å²) in [5.41, 5.74) is 1.25. The Bertz CT molecular complexity index is 727. The van der Waals surface area contributed by atoms with Gasteiger partial charge in [-0.15, -0.1) is 0 Å². The number of carbonyl (C=O) groups is 1. The number of carbonyl (C=O) groups excluding carboxylic acids is 1. The molecule has 0 aliphatic rings. The Morgan fingerprint density at radius 2 is 2.12 bits per heavy atom. The maximum atomic E-state index is 12.3. The van der Waals surface area contributed by atoms with Crippen LogP contribution in [0.15, 0.2) is 34.9 Å². The van der Waals surface area contributed by atoms with Crippen LogP contribution in [0.4, 0.5) is 8.78 Å². The van der Waals surface area contributed by atoms with E-state index < -0.39 is 12.6 Å². The lowest BCUT2D eigenvalue weighted by atomic mass is 10.2. The Morgan fingerprint density at radius 3 is 2.75 bits per heavy atom. The molecular formula is C16H15F2NO5. The van der Waals surface area contributed by atoms with E-state index in [-0.39, 0.29) is 18.1 Å². The van der Waals surface area contributed by atoms with Gasteiger partial charge in [0.1, 0.15) is 0 Å². The molecule has 24 heavy (non-hydrogen) atoms. The Balaban J connectivity index is 1.96. The van der Waals surface area contributed by atoms with Crippen LogP contribution in [0.1, 0.15) is 17.0 Å². The first-order valence-electron chi connectivity index (χ1n) is 6.88. The molecule has 0 spiro atoms. The number of hydrogen-bond donors (Lipinski definition) is 0. The first-order valence-corrected chi connectivity index (χ1v) is 6.88. The van der Waals surface area contributed by atoms with Gasteiger partial charge in [-0.05, 0) is 30.7 Å². The second kappa shape index (κ2) is 8.09. The minimum absolute atomic E-state index is 0.0332. The van der Waals surface area contributed by atoms with Crippen molar-refractivity contribution >= 4 is 12.0 Å². The number of hydrogen-bond acceptors (Lipinski definition) is 6. The van der Waals surface area contributed by atoms with Gasteiger partial charge in [-0.2, -0.15) is 8.78 Å². The van der Waals surface area contributed by atoms with E-state index in [1.165, 1.54) is 37.5 Å². The molecule has 2 rings (SSSR count). The normalized spacial score (nSPS) is 11.0. The number of aromatic nitrogens is 1. The van der Waals surface area contributed by atoms with Crippen LogP contribution in [-0.2, 0) is 16.1 Å². The van der Waals surface area contributed by atoms with Crippen molar-refractivity contribution in [3.63, 3.8) is 0 Å². The van der Waals surface area contributed by atoms with Gasteiger partial charge in [0.05, 0.1) is 12.8 Å². The molecule has 0 amide bonds. The average Bonchev–Trinajstić information content (AvgIpc) is 2.97. The Labute approximate surface area is 136 Å². The van der Waals surface area contributed by atoms with Gasteiger partial charge in [-0.1, -0.05) is 11.2 Å². The number of methoxy groups -OCH3 is 1. The highest BCUT2D eigenvalue weighted by molar-refractivity contribution is 5.87. The fourth-order valence-corrected chi connectivity index (χ4v) is 1.82. The van der Waals surface area contributed by atoms with Gasteiger partial charge in [-0.3, -0.25) is 0 Å². The molecule has 6 nitrogen and oxygen atoms in total. The van der Waals surface area contributed by atoms with E-state index in [0.29, 0.717) is 17.0 Å². The summed E-state index contributed by atoms with van der Waals surface area (Å²) in [4.78, 5) is 11.6. The molecule has 0 aliphatic carbocycles. The maximum absolute atomic E-state index is 12.3. The highest BCUT2D eigenvalue weighted by Gasteiger charge is 2.10. The molecule has 1 aromatic carbocycles. The molecule has 0 fully saturated rings. The number of ether oxygens (including phenoxy) is 3. The molecule has 0 saturated heterocycles. The molecule has 128 valence electrons. The number of aryl methyl sites for hydroxylation is 1. The van der Waals surface area contributed by atoms with Crippen molar-refractivity contribution in [2.75, 3.05) is 7.11 Å². The quantitative estimate of drug-likeness (QED) is 0.569. The first kappa shape index (κ1) is 17.5. The van der Waals surface area contributed by atoms with Crippen LogP contribution in [0.5, 0.6) is 11.5 Å². The van der Waals surface area contributed by atoms with Gasteiger partial charge in [0, 0.05) is 12.1 Å². The lowest BCUT2D eigenvalue weighted by Crippen LogP contribution is -2.03. The van der Waals surface area contributed by atoms with Gasteiger partial charge < -0.3 is 18.7 Å². The predicted octanol–water partition coefficient (Wildman–Crippen LogP) is 3.35. The van der Waals surface area contributed by atoms with E-state index in [1.807, 2.05) is 0 Å². The number of esters is 1. The summed E-state index contributed by atoms with van der Waals surface area (Å²) in [6, 6.07) is 5.95. The highest BCUT2D eigenvalue weighted by atomic mass is 19.3. The second-order valence-corrected chi connectivity index (χ2v) is 4.66. The predicted molar refractivity (Wildman–Crippen MR) is 79.7 cm³/mol. The number of rotatable bonds is 7. The smallest absolute Gasteiger partial charge is 0.387 e. The Kier molecular flexibility index (Phi) is 5.89. The lowest BCUT2D eigenvalue weighted by Gasteiger charge is -2.10. The van der Waals surface area contributed by atoms with Crippen LogP contribution >= 0.6 is 0 Å². The van der Waals surface area contributed by atoms with E-state index in [2.05, 4.69) is 9.89 Å². The molecule has 0 aliphatic heterocycles. The molecule has 1 aromatic heterocycles. The fraction of sp³-hybridized carbons (Fsp3) is 0.250. The van der Waals surface area contributed by atoms with Gasteiger partial charge in [-0.25, -0.2) is 4.79 Å².